The molecule has 0 atom stereocenters. The van der Waals surface area contributed by atoms with E-state index in [1.165, 1.54) is 27.8 Å². The maximum absolute atomic E-state index is 7.62. The lowest BCUT2D eigenvalue weighted by Crippen LogP contribution is -2.29. The van der Waals surface area contributed by atoms with Gasteiger partial charge in [0.15, 0.2) is 0 Å². The largest absolute Gasteiger partial charge is 0.455 e. The second-order valence-electron chi connectivity index (χ2n) is 24.8. The number of aromatic nitrogens is 2. The Morgan fingerprint density at radius 1 is 0.391 bits per heavy atom. The Balaban J connectivity index is 1.10. The second kappa shape index (κ2) is 20.7. The van der Waals surface area contributed by atoms with Gasteiger partial charge >= 0.3 is 0 Å². The summed E-state index contributed by atoms with van der Waals surface area (Å²) in [7, 11) is 0. The number of aryl methyl sites for hydroxylation is 5. The van der Waals surface area contributed by atoms with Gasteiger partial charge in [0.25, 0.3) is 0 Å². The minimum Gasteiger partial charge on any atom is -0.455 e. The van der Waals surface area contributed by atoms with Crippen LogP contribution >= 0.6 is 0 Å². The van der Waals surface area contributed by atoms with Crippen LogP contribution in [-0.2, 0) is 10.8 Å². The molecule has 3 heterocycles. The quantitative estimate of drug-likeness (QED) is 0.128. The van der Waals surface area contributed by atoms with Crippen LogP contribution < -0.4 is 9.80 Å². The molecule has 0 N–H and O–H groups in total. The van der Waals surface area contributed by atoms with Crippen molar-refractivity contribution in [2.45, 2.75) is 66.2 Å². The minimum atomic E-state index is -0.895. The maximum Gasteiger partial charge on any atom is 0.145 e. The number of para-hydroxylation sites is 1. The average Bonchev–Trinajstić information content (AvgIpc) is 1.52. The van der Waals surface area contributed by atoms with Crippen molar-refractivity contribution < 1.29 is 4.42 Å². The number of nitrogens with zero attached hydrogens (tertiary/aromatic N) is 4. The van der Waals surface area contributed by atoms with Crippen LogP contribution in [0.4, 0.5) is 34.4 Å². The number of benzene rings is 11. The van der Waals surface area contributed by atoms with E-state index in [1.54, 1.807) is 0 Å². The summed E-state index contributed by atoms with van der Waals surface area (Å²) in [6, 6.07) is 89.7. The molecule has 3 aromatic heterocycles. The number of rotatable bonds is 10. The highest BCUT2D eigenvalue weighted by Crippen LogP contribution is 2.64. The van der Waals surface area contributed by atoms with E-state index in [2.05, 4.69) is 308 Å². The zero-order valence-corrected chi connectivity index (χ0v) is 50.4. The molecule has 0 spiro atoms. The smallest absolute Gasteiger partial charge is 0.145 e. The zero-order chi connectivity index (χ0) is 59.3. The fourth-order valence-corrected chi connectivity index (χ4v) is 14.0. The molecule has 0 bridgehead atoms. The molecule has 11 aromatic carbocycles. The number of hydrogen-bond donors (Lipinski definition) is 0. The van der Waals surface area contributed by atoms with Gasteiger partial charge < -0.3 is 4.42 Å². The lowest BCUT2D eigenvalue weighted by atomic mass is 9.66. The summed E-state index contributed by atoms with van der Waals surface area (Å²) in [4.78, 5) is 15.7. The summed E-state index contributed by atoms with van der Waals surface area (Å²) in [5.41, 5.74) is 23.0. The molecule has 14 aromatic rings. The van der Waals surface area contributed by atoms with E-state index in [9.17, 15) is 0 Å². The van der Waals surface area contributed by atoms with Crippen molar-refractivity contribution >= 4 is 77.9 Å². The van der Waals surface area contributed by atoms with Gasteiger partial charge in [-0.05, 0) is 189 Å². The van der Waals surface area contributed by atoms with Crippen molar-refractivity contribution in [3.8, 4) is 33.4 Å². The van der Waals surface area contributed by atoms with Gasteiger partial charge in [-0.15, -0.1) is 0 Å². The first-order valence-corrected chi connectivity index (χ1v) is 30.3. The Kier molecular flexibility index (Phi) is 12.7. The molecule has 0 saturated heterocycles. The predicted molar refractivity (Wildman–Crippen MR) is 364 cm³/mol. The van der Waals surface area contributed by atoms with Crippen molar-refractivity contribution in [2.24, 2.45) is 0 Å². The van der Waals surface area contributed by atoms with Gasteiger partial charge in [-0.25, -0.2) is 9.97 Å². The normalized spacial score (nSPS) is 12.7. The fraction of sp³-hybridized carbons (Fsp3) is 0.122. The SMILES string of the molecule is Cc1ccc(N(c2ccc3c4c(c5ccccc5c3c2)-c2c(cc(N(c3ccc(C(C)(C)C)cc3)c3ncc(C)cc3-c3ccccc3C)c3c2oc2ccccc23)C4(c2ccccc2)c2ccccc2)c2ncc(C)cc2-c2ccccc2C)cc1. The molecule has 0 radical (unpaired) electrons. The van der Waals surface area contributed by atoms with Crippen LogP contribution in [-0.4, -0.2) is 9.97 Å². The third-order valence-corrected chi connectivity index (χ3v) is 18.2. The molecule has 5 nitrogen and oxygen atoms in total. The summed E-state index contributed by atoms with van der Waals surface area (Å²) in [6.45, 7) is 17.7. The molecule has 420 valence electrons. The van der Waals surface area contributed by atoms with Gasteiger partial charge in [-0.1, -0.05) is 208 Å². The van der Waals surface area contributed by atoms with Crippen molar-refractivity contribution in [1.82, 2.24) is 9.97 Å². The van der Waals surface area contributed by atoms with E-state index >= 15 is 0 Å². The van der Waals surface area contributed by atoms with Crippen LogP contribution in [0.15, 0.2) is 259 Å². The van der Waals surface area contributed by atoms with Gasteiger partial charge in [0.2, 0.25) is 0 Å². The van der Waals surface area contributed by atoms with Crippen LogP contribution in [0.25, 0.3) is 76.9 Å². The fourth-order valence-electron chi connectivity index (χ4n) is 14.0. The summed E-state index contributed by atoms with van der Waals surface area (Å²) < 4.78 is 7.62. The van der Waals surface area contributed by atoms with E-state index in [0.29, 0.717) is 0 Å². The van der Waals surface area contributed by atoms with E-state index in [0.717, 1.165) is 139 Å². The number of fused-ring (bicyclic) bond motifs is 12. The van der Waals surface area contributed by atoms with Crippen LogP contribution in [0.1, 0.15) is 76.4 Å². The molecule has 87 heavy (non-hydrogen) atoms. The van der Waals surface area contributed by atoms with Gasteiger partial charge in [0.1, 0.15) is 22.8 Å². The maximum atomic E-state index is 7.62. The highest BCUT2D eigenvalue weighted by molar-refractivity contribution is 6.26. The summed E-state index contributed by atoms with van der Waals surface area (Å²) >= 11 is 0. The number of pyridine rings is 2. The first-order chi connectivity index (χ1) is 42.4. The van der Waals surface area contributed by atoms with Gasteiger partial charge in [0.05, 0.1) is 16.5 Å². The van der Waals surface area contributed by atoms with Crippen molar-refractivity contribution in [3.63, 3.8) is 0 Å². The summed E-state index contributed by atoms with van der Waals surface area (Å²) in [5.74, 6) is 1.70. The van der Waals surface area contributed by atoms with Crippen molar-refractivity contribution in [3.05, 3.63) is 311 Å². The average molecular weight is 1120 g/mol. The summed E-state index contributed by atoms with van der Waals surface area (Å²) in [5, 5.41) is 6.64. The van der Waals surface area contributed by atoms with Crippen LogP contribution in [0.5, 0.6) is 0 Å². The first kappa shape index (κ1) is 53.4. The topological polar surface area (TPSA) is 45.4 Å². The van der Waals surface area contributed by atoms with E-state index in [1.807, 2.05) is 12.4 Å². The molecular formula is C82H66N4O. The Morgan fingerprint density at radius 2 is 0.897 bits per heavy atom. The third kappa shape index (κ3) is 8.58. The van der Waals surface area contributed by atoms with Crippen molar-refractivity contribution in [1.29, 1.82) is 0 Å². The Labute approximate surface area is 509 Å². The molecule has 1 aliphatic carbocycles. The van der Waals surface area contributed by atoms with Gasteiger partial charge in [-0.3, -0.25) is 9.80 Å². The molecule has 0 unspecified atom stereocenters. The molecule has 0 amide bonds. The minimum absolute atomic E-state index is 0.0663. The van der Waals surface area contributed by atoms with Crippen LogP contribution in [0, 0.1) is 34.6 Å². The predicted octanol–water partition coefficient (Wildman–Crippen LogP) is 22.2. The molecule has 0 saturated carbocycles. The highest BCUT2D eigenvalue weighted by atomic mass is 16.3. The van der Waals surface area contributed by atoms with E-state index in [4.69, 9.17) is 14.4 Å². The number of hydrogen-bond acceptors (Lipinski definition) is 5. The number of anilines is 6. The van der Waals surface area contributed by atoms with Crippen LogP contribution in [0.3, 0.4) is 0 Å². The van der Waals surface area contributed by atoms with Crippen molar-refractivity contribution in [2.75, 3.05) is 9.80 Å². The molecule has 1 aliphatic rings. The second-order valence-corrected chi connectivity index (χ2v) is 24.8. The molecule has 0 aliphatic heterocycles. The van der Waals surface area contributed by atoms with Gasteiger partial charge in [0, 0.05) is 51.5 Å². The lowest BCUT2D eigenvalue weighted by molar-refractivity contribution is 0.590. The zero-order valence-electron chi connectivity index (χ0n) is 50.4. The molecule has 15 rings (SSSR count). The highest BCUT2D eigenvalue weighted by Gasteiger charge is 2.50. The standard InChI is InChI=1S/C82H66N4O/c1-51-35-39-59(40-36-51)85(79-69(45-52(2)49-83-79)62-29-17-15-23-54(62)4)61-43-44-66-68(47-61)64-31-19-20-32-65(64)75-76-71(82(77(66)75,57-25-11-9-12-26-57)58-27-13-10-14-28-58)48-72(74-67-33-21-22-34-73(67)87-78(74)76)86(60-41-37-56(38-42-60)81(6,7)8)80-70(46-53(3)50-84-80)63-30-18-16-24-55(63)5/h9-50H,1-8H3. The third-order valence-electron chi connectivity index (χ3n) is 18.2. The molecule has 0 fully saturated rings. The monoisotopic (exact) mass is 1120 g/mol. The van der Waals surface area contributed by atoms with Gasteiger partial charge in [-0.2, -0.15) is 0 Å². The van der Waals surface area contributed by atoms with E-state index in [-0.39, 0.29) is 5.41 Å². The molecule has 5 heteroatoms. The van der Waals surface area contributed by atoms with E-state index < -0.39 is 5.41 Å². The Morgan fingerprint density at radius 3 is 1.49 bits per heavy atom. The lowest BCUT2D eigenvalue weighted by Gasteiger charge is -2.36. The Hall–Kier alpha value is -10.4. The summed E-state index contributed by atoms with van der Waals surface area (Å²) in [6.07, 6.45) is 4.02. The molecular weight excluding hydrogens is 1060 g/mol. The van der Waals surface area contributed by atoms with Crippen LogP contribution in [0.2, 0.25) is 0 Å². The first-order valence-electron chi connectivity index (χ1n) is 30.3. The Bertz CT molecular complexity index is 4980. The number of furan rings is 1.